The lowest BCUT2D eigenvalue weighted by molar-refractivity contribution is 1.16. The summed E-state index contributed by atoms with van der Waals surface area (Å²) >= 11 is 1.63. The lowest BCUT2D eigenvalue weighted by Gasteiger charge is -2.12. The molecular weight excluding hydrogens is 777 g/mol. The Balaban J connectivity index is 0.982. The predicted molar refractivity (Wildman–Crippen MR) is 255 cm³/mol. The average Bonchev–Trinajstić information content (AvgIpc) is 3.90. The maximum Gasteiger partial charge on any atom is 0.160 e. The summed E-state index contributed by atoms with van der Waals surface area (Å²) in [7, 11) is 0. The Bertz CT molecular complexity index is 3560. The molecule has 0 aliphatic carbocycles. The molecule has 6 nitrogen and oxygen atoms in total. The van der Waals surface area contributed by atoms with Crippen LogP contribution < -0.4 is 0 Å². The van der Waals surface area contributed by atoms with Crippen molar-refractivity contribution in [3.63, 3.8) is 0 Å². The van der Waals surface area contributed by atoms with Crippen molar-refractivity contribution in [1.29, 1.82) is 0 Å². The zero-order valence-electron chi connectivity index (χ0n) is 33.2. The summed E-state index contributed by atoms with van der Waals surface area (Å²) in [5, 5.41) is 3.48. The van der Waals surface area contributed by atoms with Crippen LogP contribution >= 0.6 is 11.3 Å². The molecule has 0 bridgehead atoms. The maximum atomic E-state index is 5.24. The molecule has 0 amide bonds. The van der Waals surface area contributed by atoms with Gasteiger partial charge in [-0.2, -0.15) is 0 Å². The van der Waals surface area contributed by atoms with Gasteiger partial charge in [-0.1, -0.05) is 164 Å². The zero-order chi connectivity index (χ0) is 41.0. The molecule has 7 heteroatoms. The van der Waals surface area contributed by atoms with E-state index in [9.17, 15) is 0 Å². The molecule has 12 aromatic rings. The SMILES string of the molecule is c1ccc(-c2cnc3sc4c(-c5ccc(-c6cc(-c7cccc(-n8c9ccccc9c9ccccc98)c7)nc(-c7ccccc7)n6)cc5)nc(-c5ccccc5)nc4c3c2)cc1. The van der Waals surface area contributed by atoms with Crippen LogP contribution in [0.5, 0.6) is 0 Å². The summed E-state index contributed by atoms with van der Waals surface area (Å²) in [4.78, 5) is 26.7. The van der Waals surface area contributed by atoms with Gasteiger partial charge in [-0.05, 0) is 42.0 Å². The fourth-order valence-electron chi connectivity index (χ4n) is 8.49. The highest BCUT2D eigenvalue weighted by Gasteiger charge is 2.19. The fourth-order valence-corrected chi connectivity index (χ4v) is 9.57. The molecule has 0 aliphatic heterocycles. The number of aromatic nitrogens is 6. The minimum Gasteiger partial charge on any atom is -0.309 e. The van der Waals surface area contributed by atoms with Gasteiger partial charge in [-0.25, -0.2) is 24.9 Å². The molecule has 12 rings (SSSR count). The van der Waals surface area contributed by atoms with Crippen molar-refractivity contribution in [3.8, 4) is 73.4 Å². The molecule has 0 unspecified atom stereocenters. The molecule has 0 N–H and O–H groups in total. The average molecular weight is 811 g/mol. The molecule has 290 valence electrons. The van der Waals surface area contributed by atoms with Gasteiger partial charge < -0.3 is 4.57 Å². The minimum atomic E-state index is 0.669. The second-order valence-corrected chi connectivity index (χ2v) is 16.3. The first-order chi connectivity index (χ1) is 30.7. The summed E-state index contributed by atoms with van der Waals surface area (Å²) in [5.41, 5.74) is 13.9. The molecular formula is C55H34N6S. The number of hydrogen-bond donors (Lipinski definition) is 0. The van der Waals surface area contributed by atoms with Gasteiger partial charge in [0.2, 0.25) is 0 Å². The smallest absolute Gasteiger partial charge is 0.160 e. The van der Waals surface area contributed by atoms with E-state index in [0.29, 0.717) is 11.6 Å². The van der Waals surface area contributed by atoms with Crippen LogP contribution in [0.1, 0.15) is 0 Å². The highest BCUT2D eigenvalue weighted by molar-refractivity contribution is 7.25. The normalized spacial score (nSPS) is 11.5. The molecule has 5 aromatic heterocycles. The van der Waals surface area contributed by atoms with E-state index < -0.39 is 0 Å². The molecule has 5 heterocycles. The third kappa shape index (κ3) is 6.22. The van der Waals surface area contributed by atoms with Crippen LogP contribution in [0.4, 0.5) is 0 Å². The van der Waals surface area contributed by atoms with Crippen molar-refractivity contribution in [3.05, 3.63) is 206 Å². The highest BCUT2D eigenvalue weighted by atomic mass is 32.1. The molecule has 0 aliphatic rings. The second kappa shape index (κ2) is 14.9. The van der Waals surface area contributed by atoms with Gasteiger partial charge in [0.25, 0.3) is 0 Å². The van der Waals surface area contributed by atoms with Crippen LogP contribution in [-0.2, 0) is 0 Å². The van der Waals surface area contributed by atoms with Gasteiger partial charge in [-0.15, -0.1) is 11.3 Å². The monoisotopic (exact) mass is 810 g/mol. The molecule has 0 atom stereocenters. The van der Waals surface area contributed by atoms with Crippen molar-refractivity contribution >= 4 is 53.6 Å². The van der Waals surface area contributed by atoms with E-state index in [1.165, 1.54) is 21.8 Å². The summed E-state index contributed by atoms with van der Waals surface area (Å²) in [6.07, 6.45) is 1.95. The second-order valence-electron chi connectivity index (χ2n) is 15.3. The topological polar surface area (TPSA) is 69.4 Å². The van der Waals surface area contributed by atoms with Gasteiger partial charge in [-0.3, -0.25) is 0 Å². The Hall–Kier alpha value is -8.13. The number of rotatable bonds is 7. The number of hydrogen-bond acceptors (Lipinski definition) is 6. The molecule has 0 fully saturated rings. The molecule has 7 aromatic carbocycles. The Morgan fingerprint density at radius 2 is 0.919 bits per heavy atom. The molecule has 62 heavy (non-hydrogen) atoms. The Kier molecular flexibility index (Phi) is 8.57. The van der Waals surface area contributed by atoms with Gasteiger partial charge in [0.1, 0.15) is 4.83 Å². The maximum absolute atomic E-state index is 5.24. The van der Waals surface area contributed by atoms with E-state index in [0.717, 1.165) is 82.1 Å². The van der Waals surface area contributed by atoms with Gasteiger partial charge >= 0.3 is 0 Å². The van der Waals surface area contributed by atoms with Crippen molar-refractivity contribution in [1.82, 2.24) is 29.5 Å². The number of fused-ring (bicyclic) bond motifs is 6. The number of pyridine rings is 1. The Morgan fingerprint density at radius 1 is 0.371 bits per heavy atom. The van der Waals surface area contributed by atoms with Gasteiger partial charge in [0, 0.05) is 61.4 Å². The summed E-state index contributed by atoms with van der Waals surface area (Å²) in [6, 6.07) is 69.5. The molecule has 0 radical (unpaired) electrons. The number of thiophene rings is 1. The van der Waals surface area contributed by atoms with E-state index in [-0.39, 0.29) is 0 Å². The summed E-state index contributed by atoms with van der Waals surface area (Å²) < 4.78 is 3.35. The van der Waals surface area contributed by atoms with Crippen molar-refractivity contribution in [2.75, 3.05) is 0 Å². The van der Waals surface area contributed by atoms with Crippen LogP contribution in [0.3, 0.4) is 0 Å². The van der Waals surface area contributed by atoms with E-state index >= 15 is 0 Å². The van der Waals surface area contributed by atoms with Crippen LogP contribution in [0.15, 0.2) is 206 Å². The highest BCUT2D eigenvalue weighted by Crippen LogP contribution is 2.41. The fraction of sp³-hybridized carbons (Fsp3) is 0. The number of nitrogens with zero attached hydrogens (tertiary/aromatic N) is 6. The van der Waals surface area contributed by atoms with E-state index in [1.807, 2.05) is 48.7 Å². The molecule has 0 spiro atoms. The Morgan fingerprint density at radius 3 is 1.58 bits per heavy atom. The first kappa shape index (κ1) is 35.8. The third-order valence-electron chi connectivity index (χ3n) is 11.5. The van der Waals surface area contributed by atoms with Gasteiger partial charge in [0.05, 0.1) is 38.3 Å². The number of para-hydroxylation sites is 2. The van der Waals surface area contributed by atoms with Crippen molar-refractivity contribution < 1.29 is 0 Å². The summed E-state index contributed by atoms with van der Waals surface area (Å²) in [6.45, 7) is 0. The molecule has 0 saturated carbocycles. The van der Waals surface area contributed by atoms with Crippen LogP contribution in [-0.4, -0.2) is 29.5 Å². The van der Waals surface area contributed by atoms with Crippen LogP contribution in [0.25, 0.3) is 116 Å². The van der Waals surface area contributed by atoms with Crippen LogP contribution in [0, 0.1) is 0 Å². The van der Waals surface area contributed by atoms with Gasteiger partial charge in [0.15, 0.2) is 11.6 Å². The van der Waals surface area contributed by atoms with Crippen molar-refractivity contribution in [2.24, 2.45) is 0 Å². The van der Waals surface area contributed by atoms with Crippen LogP contribution in [0.2, 0.25) is 0 Å². The largest absolute Gasteiger partial charge is 0.309 e. The predicted octanol–water partition coefficient (Wildman–Crippen LogP) is 14.1. The Labute approximate surface area is 361 Å². The lowest BCUT2D eigenvalue weighted by Crippen LogP contribution is -1.98. The van der Waals surface area contributed by atoms with Crippen molar-refractivity contribution in [2.45, 2.75) is 0 Å². The zero-order valence-corrected chi connectivity index (χ0v) is 34.0. The standard InChI is InChI=1S/C55H34N6S/c1-4-15-35(16-5-1)41-32-45-51-52(62-55(45)56-34-41)50(59-54(60-51)39-19-8-3-9-20-39)37-29-27-36(28-30-37)46-33-47(58-53(57-46)38-17-6-2-7-18-38)40-21-14-22-42(31-40)61-48-25-12-10-23-43(48)44-24-11-13-26-49(44)61/h1-34H. The third-order valence-corrected chi connectivity index (χ3v) is 12.6. The van der Waals surface area contributed by atoms with E-state index in [4.69, 9.17) is 24.9 Å². The first-order valence-electron chi connectivity index (χ1n) is 20.6. The summed E-state index contributed by atoms with van der Waals surface area (Å²) in [5.74, 6) is 1.35. The first-order valence-corrected chi connectivity index (χ1v) is 21.4. The van der Waals surface area contributed by atoms with E-state index in [1.54, 1.807) is 11.3 Å². The lowest BCUT2D eigenvalue weighted by atomic mass is 10.0. The molecule has 0 saturated heterocycles. The quantitative estimate of drug-likeness (QED) is 0.160. The number of benzene rings is 7. The minimum absolute atomic E-state index is 0.669. The van der Waals surface area contributed by atoms with E-state index in [2.05, 4.69) is 162 Å².